The minimum absolute atomic E-state index is 0.198. The highest BCUT2D eigenvalue weighted by molar-refractivity contribution is 5.30. The Balaban J connectivity index is 2.18. The topological polar surface area (TPSA) is 12.0 Å². The van der Waals surface area contributed by atoms with Crippen molar-refractivity contribution >= 4 is 0 Å². The molecular formula is C14H20F3N. The highest BCUT2D eigenvalue weighted by Gasteiger charge is 2.25. The van der Waals surface area contributed by atoms with Crippen molar-refractivity contribution in [2.45, 2.75) is 45.8 Å². The SMILES string of the molecule is Cc1ccc(CNCCCCC(F)(F)F)c(C)c1. The van der Waals surface area contributed by atoms with Gasteiger partial charge in [-0.25, -0.2) is 0 Å². The van der Waals surface area contributed by atoms with Crippen LogP contribution < -0.4 is 5.32 Å². The molecule has 1 aromatic rings. The van der Waals surface area contributed by atoms with Gasteiger partial charge in [-0.05, 0) is 44.4 Å². The molecule has 18 heavy (non-hydrogen) atoms. The first-order valence-electron chi connectivity index (χ1n) is 6.22. The molecule has 0 saturated carbocycles. The van der Waals surface area contributed by atoms with Gasteiger partial charge in [0.2, 0.25) is 0 Å². The van der Waals surface area contributed by atoms with Gasteiger partial charge in [0.1, 0.15) is 0 Å². The van der Waals surface area contributed by atoms with Crippen LogP contribution in [-0.4, -0.2) is 12.7 Å². The van der Waals surface area contributed by atoms with Gasteiger partial charge in [-0.15, -0.1) is 0 Å². The Morgan fingerprint density at radius 2 is 1.83 bits per heavy atom. The third-order valence-electron chi connectivity index (χ3n) is 2.88. The van der Waals surface area contributed by atoms with E-state index in [4.69, 9.17) is 0 Å². The van der Waals surface area contributed by atoms with Gasteiger partial charge in [0.05, 0.1) is 0 Å². The minimum atomic E-state index is -4.02. The van der Waals surface area contributed by atoms with E-state index in [0.29, 0.717) is 13.0 Å². The van der Waals surface area contributed by atoms with Gasteiger partial charge in [0, 0.05) is 13.0 Å². The smallest absolute Gasteiger partial charge is 0.313 e. The van der Waals surface area contributed by atoms with Crippen molar-refractivity contribution in [3.05, 3.63) is 34.9 Å². The molecule has 1 aromatic carbocycles. The molecule has 1 rings (SSSR count). The van der Waals surface area contributed by atoms with Crippen molar-refractivity contribution in [1.82, 2.24) is 5.32 Å². The molecular weight excluding hydrogens is 239 g/mol. The quantitative estimate of drug-likeness (QED) is 0.757. The number of unbranched alkanes of at least 4 members (excludes halogenated alkanes) is 1. The molecule has 0 saturated heterocycles. The van der Waals surface area contributed by atoms with Gasteiger partial charge >= 0.3 is 6.18 Å². The number of halogens is 3. The largest absolute Gasteiger partial charge is 0.389 e. The third-order valence-corrected chi connectivity index (χ3v) is 2.88. The number of hydrogen-bond acceptors (Lipinski definition) is 1. The number of rotatable bonds is 6. The summed E-state index contributed by atoms with van der Waals surface area (Å²) in [7, 11) is 0. The van der Waals surface area contributed by atoms with E-state index in [-0.39, 0.29) is 6.42 Å². The highest BCUT2D eigenvalue weighted by atomic mass is 19.4. The summed E-state index contributed by atoms with van der Waals surface area (Å²) >= 11 is 0. The van der Waals surface area contributed by atoms with Gasteiger partial charge in [-0.2, -0.15) is 13.2 Å². The summed E-state index contributed by atoms with van der Waals surface area (Å²) in [6, 6.07) is 6.22. The van der Waals surface area contributed by atoms with Crippen LogP contribution in [0.1, 0.15) is 36.0 Å². The van der Waals surface area contributed by atoms with Gasteiger partial charge in [0.15, 0.2) is 0 Å². The Hall–Kier alpha value is -1.03. The molecule has 0 bridgehead atoms. The zero-order valence-electron chi connectivity index (χ0n) is 10.9. The van der Waals surface area contributed by atoms with Crippen LogP contribution in [0.15, 0.2) is 18.2 Å². The zero-order valence-corrected chi connectivity index (χ0v) is 10.9. The maximum absolute atomic E-state index is 11.9. The lowest BCUT2D eigenvalue weighted by Gasteiger charge is -2.09. The number of benzene rings is 1. The van der Waals surface area contributed by atoms with Crippen LogP contribution in [0.2, 0.25) is 0 Å². The van der Waals surface area contributed by atoms with Gasteiger partial charge in [0.25, 0.3) is 0 Å². The van der Waals surface area contributed by atoms with Crippen LogP contribution in [0, 0.1) is 13.8 Å². The first kappa shape index (κ1) is 15.0. The van der Waals surface area contributed by atoms with Gasteiger partial charge in [-0.3, -0.25) is 0 Å². The van der Waals surface area contributed by atoms with E-state index in [1.165, 1.54) is 16.7 Å². The molecule has 102 valence electrons. The summed E-state index contributed by atoms with van der Waals surface area (Å²) in [6.45, 7) is 5.44. The number of nitrogens with one attached hydrogen (secondary N) is 1. The molecule has 0 aliphatic rings. The number of alkyl halides is 3. The van der Waals surface area contributed by atoms with Gasteiger partial charge in [-0.1, -0.05) is 23.8 Å². The van der Waals surface area contributed by atoms with Gasteiger partial charge < -0.3 is 5.32 Å². The van der Waals surface area contributed by atoms with Crippen LogP contribution in [0.5, 0.6) is 0 Å². The second-order valence-electron chi connectivity index (χ2n) is 4.68. The van der Waals surface area contributed by atoms with E-state index in [1.54, 1.807) is 0 Å². The molecule has 4 heteroatoms. The minimum Gasteiger partial charge on any atom is -0.313 e. The van der Waals surface area contributed by atoms with E-state index < -0.39 is 12.6 Å². The van der Waals surface area contributed by atoms with Crippen LogP contribution >= 0.6 is 0 Å². The molecule has 0 spiro atoms. The van der Waals surface area contributed by atoms with E-state index in [1.807, 2.05) is 19.9 Å². The maximum Gasteiger partial charge on any atom is 0.389 e. The molecule has 0 fully saturated rings. The summed E-state index contributed by atoms with van der Waals surface area (Å²) in [5, 5.41) is 3.18. The molecule has 0 heterocycles. The van der Waals surface area contributed by atoms with Crippen LogP contribution in [0.25, 0.3) is 0 Å². The number of hydrogen-bond donors (Lipinski definition) is 1. The van der Waals surface area contributed by atoms with Crippen LogP contribution in [-0.2, 0) is 6.54 Å². The third kappa shape index (κ3) is 6.05. The number of aryl methyl sites for hydroxylation is 2. The van der Waals surface area contributed by atoms with Crippen molar-refractivity contribution in [2.24, 2.45) is 0 Å². The first-order chi connectivity index (χ1) is 8.38. The Morgan fingerprint density at radius 1 is 1.11 bits per heavy atom. The zero-order chi connectivity index (χ0) is 13.6. The Morgan fingerprint density at radius 3 is 2.44 bits per heavy atom. The average Bonchev–Trinajstić information content (AvgIpc) is 2.24. The maximum atomic E-state index is 11.9. The van der Waals surface area contributed by atoms with Crippen molar-refractivity contribution in [3.63, 3.8) is 0 Å². The lowest BCUT2D eigenvalue weighted by atomic mass is 10.1. The average molecular weight is 259 g/mol. The molecule has 1 nitrogen and oxygen atoms in total. The second kappa shape index (κ2) is 6.78. The molecule has 0 amide bonds. The van der Waals surface area contributed by atoms with Crippen molar-refractivity contribution in [3.8, 4) is 0 Å². The van der Waals surface area contributed by atoms with Crippen molar-refractivity contribution < 1.29 is 13.2 Å². The fourth-order valence-corrected chi connectivity index (χ4v) is 1.84. The highest BCUT2D eigenvalue weighted by Crippen LogP contribution is 2.21. The first-order valence-corrected chi connectivity index (χ1v) is 6.22. The Labute approximate surface area is 106 Å². The predicted octanol–water partition coefficient (Wildman–Crippen LogP) is 4.13. The molecule has 1 N–H and O–H groups in total. The summed E-state index contributed by atoms with van der Waals surface area (Å²) in [6.07, 6.45) is -3.94. The lowest BCUT2D eigenvalue weighted by Crippen LogP contribution is -2.16. The van der Waals surface area contributed by atoms with Crippen LogP contribution in [0.3, 0.4) is 0 Å². The molecule has 0 unspecified atom stereocenters. The lowest BCUT2D eigenvalue weighted by molar-refractivity contribution is -0.135. The fraction of sp³-hybridized carbons (Fsp3) is 0.571. The van der Waals surface area contributed by atoms with Crippen molar-refractivity contribution in [2.75, 3.05) is 6.54 Å². The van der Waals surface area contributed by atoms with E-state index in [2.05, 4.69) is 17.4 Å². The molecule has 0 aliphatic heterocycles. The molecule has 0 aromatic heterocycles. The normalized spacial score (nSPS) is 11.8. The van der Waals surface area contributed by atoms with Crippen molar-refractivity contribution in [1.29, 1.82) is 0 Å². The van der Waals surface area contributed by atoms with E-state index in [9.17, 15) is 13.2 Å². The summed E-state index contributed by atoms with van der Waals surface area (Å²) in [5.41, 5.74) is 3.65. The standard InChI is InChI=1S/C14H20F3N/c1-11-5-6-13(12(2)9-11)10-18-8-4-3-7-14(15,16)17/h5-6,9,18H,3-4,7-8,10H2,1-2H3. The summed E-state index contributed by atoms with van der Waals surface area (Å²) in [5.74, 6) is 0. The predicted molar refractivity (Wildman–Crippen MR) is 67.5 cm³/mol. The Kier molecular flexibility index (Phi) is 5.66. The Bertz CT molecular complexity index is 372. The summed E-state index contributed by atoms with van der Waals surface area (Å²) < 4.78 is 35.7. The second-order valence-corrected chi connectivity index (χ2v) is 4.68. The fourth-order valence-electron chi connectivity index (χ4n) is 1.84. The van der Waals surface area contributed by atoms with E-state index in [0.717, 1.165) is 6.54 Å². The molecule has 0 aliphatic carbocycles. The molecule has 0 radical (unpaired) electrons. The van der Waals surface area contributed by atoms with E-state index >= 15 is 0 Å². The molecule has 0 atom stereocenters. The van der Waals surface area contributed by atoms with Crippen LogP contribution in [0.4, 0.5) is 13.2 Å². The summed E-state index contributed by atoms with van der Waals surface area (Å²) in [4.78, 5) is 0. The monoisotopic (exact) mass is 259 g/mol.